The van der Waals surface area contributed by atoms with Crippen LogP contribution in [-0.2, 0) is 6.42 Å². The molecule has 1 aromatic carbocycles. The van der Waals surface area contributed by atoms with E-state index in [0.29, 0.717) is 5.69 Å². The average molecular weight is 238 g/mol. The predicted octanol–water partition coefficient (Wildman–Crippen LogP) is 2.21. The Morgan fingerprint density at radius 2 is 2.00 bits per heavy atom. The van der Waals surface area contributed by atoms with Gasteiger partial charge in [0.1, 0.15) is 0 Å². The highest BCUT2D eigenvalue weighted by Crippen LogP contribution is 2.17. The van der Waals surface area contributed by atoms with Gasteiger partial charge in [-0.1, -0.05) is 24.3 Å². The summed E-state index contributed by atoms with van der Waals surface area (Å²) in [5, 5.41) is 4.28. The van der Waals surface area contributed by atoms with E-state index in [4.69, 9.17) is 5.73 Å². The lowest BCUT2D eigenvalue weighted by Crippen LogP contribution is -1.96. The Labute approximate surface area is 105 Å². The maximum absolute atomic E-state index is 5.69. The van der Waals surface area contributed by atoms with Crippen molar-refractivity contribution in [3.8, 4) is 0 Å². The molecule has 3 rings (SSSR count). The van der Waals surface area contributed by atoms with Crippen LogP contribution in [0.2, 0.25) is 0 Å². The summed E-state index contributed by atoms with van der Waals surface area (Å²) < 4.78 is 1.73. The minimum atomic E-state index is 0.619. The highest BCUT2D eigenvalue weighted by Gasteiger charge is 2.07. The van der Waals surface area contributed by atoms with Gasteiger partial charge in [0.15, 0.2) is 5.65 Å². The fourth-order valence-corrected chi connectivity index (χ4v) is 2.08. The molecule has 0 spiro atoms. The van der Waals surface area contributed by atoms with Gasteiger partial charge in [-0.25, -0.2) is 9.50 Å². The zero-order chi connectivity index (χ0) is 12.5. The number of aromatic nitrogens is 3. The van der Waals surface area contributed by atoms with Crippen LogP contribution in [0, 0.1) is 6.92 Å². The van der Waals surface area contributed by atoms with E-state index in [1.807, 2.05) is 12.3 Å². The summed E-state index contributed by atoms with van der Waals surface area (Å²) in [6.45, 7) is 2.12. The molecule has 0 atom stereocenters. The minimum Gasteiger partial charge on any atom is -0.396 e. The summed E-state index contributed by atoms with van der Waals surface area (Å²) in [5.74, 6) is 0. The van der Waals surface area contributed by atoms with E-state index in [1.54, 1.807) is 16.9 Å². The van der Waals surface area contributed by atoms with Crippen molar-refractivity contribution in [3.63, 3.8) is 0 Å². The Hall–Kier alpha value is -2.36. The Morgan fingerprint density at radius 1 is 1.17 bits per heavy atom. The first-order valence-corrected chi connectivity index (χ1v) is 5.86. The summed E-state index contributed by atoms with van der Waals surface area (Å²) in [4.78, 5) is 4.34. The molecule has 0 unspecified atom stereocenters. The Morgan fingerprint density at radius 3 is 2.83 bits per heavy atom. The van der Waals surface area contributed by atoms with Gasteiger partial charge in [0.2, 0.25) is 0 Å². The number of fused-ring (bicyclic) bond motifs is 1. The number of aryl methyl sites for hydroxylation is 1. The zero-order valence-electron chi connectivity index (χ0n) is 10.2. The van der Waals surface area contributed by atoms with E-state index in [9.17, 15) is 0 Å². The number of hydrogen-bond donors (Lipinski definition) is 1. The molecule has 0 radical (unpaired) electrons. The van der Waals surface area contributed by atoms with Crippen molar-refractivity contribution in [3.05, 3.63) is 59.5 Å². The van der Waals surface area contributed by atoms with Crippen molar-refractivity contribution in [2.24, 2.45) is 0 Å². The predicted molar refractivity (Wildman–Crippen MR) is 71.4 cm³/mol. The summed E-state index contributed by atoms with van der Waals surface area (Å²) in [6, 6.07) is 8.36. The molecule has 0 amide bonds. The number of rotatable bonds is 2. The molecule has 2 heterocycles. The SMILES string of the molecule is Cc1ccccc1Cc1cnn2cc(N)cnc12. The molecule has 3 aromatic rings. The molecule has 2 aromatic heterocycles. The lowest BCUT2D eigenvalue weighted by atomic mass is 10.0. The number of nitrogen functional groups attached to an aromatic ring is 1. The van der Waals surface area contributed by atoms with Crippen LogP contribution >= 0.6 is 0 Å². The molecule has 0 bridgehead atoms. The highest BCUT2D eigenvalue weighted by molar-refractivity contribution is 5.51. The van der Waals surface area contributed by atoms with E-state index in [-0.39, 0.29) is 0 Å². The normalized spacial score (nSPS) is 10.9. The first-order valence-electron chi connectivity index (χ1n) is 5.86. The van der Waals surface area contributed by atoms with Gasteiger partial charge < -0.3 is 5.73 Å². The number of anilines is 1. The van der Waals surface area contributed by atoms with Crippen LogP contribution in [0.4, 0.5) is 5.69 Å². The third-order valence-corrected chi connectivity index (χ3v) is 3.09. The number of nitrogens with zero attached hydrogens (tertiary/aromatic N) is 3. The fraction of sp³-hybridized carbons (Fsp3) is 0.143. The molecule has 0 aliphatic heterocycles. The molecule has 4 heteroatoms. The summed E-state index contributed by atoms with van der Waals surface area (Å²) in [6.07, 6.45) is 6.14. The van der Waals surface area contributed by atoms with Crippen LogP contribution in [0.1, 0.15) is 16.7 Å². The molecule has 0 saturated carbocycles. The number of benzene rings is 1. The van der Waals surface area contributed by atoms with Gasteiger partial charge in [0.25, 0.3) is 0 Å². The Bertz CT molecular complexity index is 700. The van der Waals surface area contributed by atoms with Crippen molar-refractivity contribution in [1.82, 2.24) is 14.6 Å². The quantitative estimate of drug-likeness (QED) is 0.744. The zero-order valence-corrected chi connectivity index (χ0v) is 10.2. The lowest BCUT2D eigenvalue weighted by molar-refractivity contribution is 0.942. The molecule has 2 N–H and O–H groups in total. The molecule has 0 aliphatic rings. The third kappa shape index (κ3) is 1.82. The molecule has 0 aliphatic carbocycles. The van der Waals surface area contributed by atoms with Crippen molar-refractivity contribution >= 4 is 11.3 Å². The van der Waals surface area contributed by atoms with Crippen molar-refractivity contribution in [2.75, 3.05) is 5.73 Å². The van der Waals surface area contributed by atoms with Crippen LogP contribution in [-0.4, -0.2) is 14.6 Å². The van der Waals surface area contributed by atoms with Gasteiger partial charge in [-0.2, -0.15) is 5.10 Å². The summed E-state index contributed by atoms with van der Waals surface area (Å²) in [7, 11) is 0. The summed E-state index contributed by atoms with van der Waals surface area (Å²) >= 11 is 0. The lowest BCUT2D eigenvalue weighted by Gasteiger charge is -2.03. The molecular formula is C14H14N4. The van der Waals surface area contributed by atoms with E-state index in [2.05, 4.69) is 35.2 Å². The van der Waals surface area contributed by atoms with Crippen molar-refractivity contribution in [1.29, 1.82) is 0 Å². The van der Waals surface area contributed by atoms with Crippen molar-refractivity contribution in [2.45, 2.75) is 13.3 Å². The van der Waals surface area contributed by atoms with Crippen LogP contribution in [0.5, 0.6) is 0 Å². The Kier molecular flexibility index (Phi) is 2.48. The van der Waals surface area contributed by atoms with Gasteiger partial charge >= 0.3 is 0 Å². The molecule has 0 fully saturated rings. The highest BCUT2D eigenvalue weighted by atomic mass is 15.2. The van der Waals surface area contributed by atoms with Gasteiger partial charge in [0.05, 0.1) is 24.3 Å². The van der Waals surface area contributed by atoms with Crippen LogP contribution in [0.15, 0.2) is 42.9 Å². The first-order chi connectivity index (χ1) is 8.74. The first kappa shape index (κ1) is 10.8. The van der Waals surface area contributed by atoms with Gasteiger partial charge in [0, 0.05) is 12.0 Å². The smallest absolute Gasteiger partial charge is 0.158 e. The monoisotopic (exact) mass is 238 g/mol. The topological polar surface area (TPSA) is 56.2 Å². The summed E-state index contributed by atoms with van der Waals surface area (Å²) in [5.41, 5.74) is 10.9. The van der Waals surface area contributed by atoms with Crippen molar-refractivity contribution < 1.29 is 0 Å². The Balaban J connectivity index is 2.03. The molecular weight excluding hydrogens is 224 g/mol. The molecule has 0 saturated heterocycles. The number of nitrogens with two attached hydrogens (primary N) is 1. The van der Waals surface area contributed by atoms with E-state index in [1.165, 1.54) is 11.1 Å². The van der Waals surface area contributed by atoms with Crippen LogP contribution < -0.4 is 5.73 Å². The van der Waals surface area contributed by atoms with E-state index < -0.39 is 0 Å². The maximum atomic E-state index is 5.69. The second-order valence-electron chi connectivity index (χ2n) is 4.43. The fourth-order valence-electron chi connectivity index (χ4n) is 2.08. The second kappa shape index (κ2) is 4.14. The van der Waals surface area contributed by atoms with E-state index >= 15 is 0 Å². The average Bonchev–Trinajstić information content (AvgIpc) is 2.74. The maximum Gasteiger partial charge on any atom is 0.158 e. The molecule has 4 nitrogen and oxygen atoms in total. The van der Waals surface area contributed by atoms with Crippen LogP contribution in [0.25, 0.3) is 5.65 Å². The third-order valence-electron chi connectivity index (χ3n) is 3.09. The molecule has 18 heavy (non-hydrogen) atoms. The molecule has 90 valence electrons. The van der Waals surface area contributed by atoms with Crippen LogP contribution in [0.3, 0.4) is 0 Å². The van der Waals surface area contributed by atoms with Gasteiger partial charge in [-0.15, -0.1) is 0 Å². The standard InChI is InChI=1S/C14H14N4/c1-10-4-2-3-5-11(10)6-12-7-17-18-9-13(15)8-16-14(12)18/h2-5,7-9H,6,15H2,1H3. The van der Waals surface area contributed by atoms with Gasteiger partial charge in [-0.3, -0.25) is 0 Å². The largest absolute Gasteiger partial charge is 0.396 e. The second-order valence-corrected chi connectivity index (χ2v) is 4.43. The number of hydrogen-bond acceptors (Lipinski definition) is 3. The van der Waals surface area contributed by atoms with E-state index in [0.717, 1.165) is 17.6 Å². The minimum absolute atomic E-state index is 0.619. The van der Waals surface area contributed by atoms with Gasteiger partial charge in [-0.05, 0) is 18.1 Å².